The van der Waals surface area contributed by atoms with Crippen LogP contribution >= 0.6 is 11.8 Å². The van der Waals surface area contributed by atoms with Gasteiger partial charge in [-0.25, -0.2) is 0 Å². The van der Waals surface area contributed by atoms with E-state index in [-0.39, 0.29) is 28.0 Å². The van der Waals surface area contributed by atoms with Gasteiger partial charge in [-0.15, -0.1) is 11.8 Å². The first kappa shape index (κ1) is 15.7. The Morgan fingerprint density at radius 2 is 1.57 bits per heavy atom. The van der Waals surface area contributed by atoms with Gasteiger partial charge in [-0.2, -0.15) is 0 Å². The van der Waals surface area contributed by atoms with Gasteiger partial charge < -0.3 is 10.4 Å². The molecule has 0 unspecified atom stereocenters. The normalized spacial score (nSPS) is 41.6. The predicted molar refractivity (Wildman–Crippen MR) is 87.2 cm³/mol. The van der Waals surface area contributed by atoms with Crippen molar-refractivity contribution in [2.24, 2.45) is 17.8 Å². The number of aliphatic hydroxyl groups is 1. The van der Waals surface area contributed by atoms with Gasteiger partial charge in [-0.3, -0.25) is 4.79 Å². The molecule has 4 fully saturated rings. The molecule has 0 aromatic heterocycles. The summed E-state index contributed by atoms with van der Waals surface area (Å²) in [7, 11) is 0. The van der Waals surface area contributed by atoms with E-state index < -0.39 is 0 Å². The molecule has 0 spiro atoms. The molecule has 4 saturated carbocycles. The summed E-state index contributed by atoms with van der Waals surface area (Å²) in [5.74, 6) is 2.75. The van der Waals surface area contributed by atoms with Gasteiger partial charge in [-0.1, -0.05) is 6.92 Å². The molecule has 0 aromatic carbocycles. The van der Waals surface area contributed by atoms with Gasteiger partial charge in [0.15, 0.2) is 0 Å². The monoisotopic (exact) mass is 311 g/mol. The van der Waals surface area contributed by atoms with Crippen LogP contribution in [-0.4, -0.2) is 33.2 Å². The Bertz CT molecular complexity index is 374. The minimum Gasteiger partial charge on any atom is -0.392 e. The summed E-state index contributed by atoms with van der Waals surface area (Å²) in [5.41, 5.74) is 0.106. The van der Waals surface area contributed by atoms with Crippen molar-refractivity contribution >= 4 is 17.7 Å². The Morgan fingerprint density at radius 3 is 2.00 bits per heavy atom. The lowest BCUT2D eigenvalue weighted by Crippen LogP contribution is -2.60. The van der Waals surface area contributed by atoms with Gasteiger partial charge in [-0.05, 0) is 70.1 Å². The summed E-state index contributed by atoms with van der Waals surface area (Å²) >= 11 is 1.58. The first-order valence-electron chi connectivity index (χ1n) is 8.52. The average molecular weight is 311 g/mol. The van der Waals surface area contributed by atoms with Gasteiger partial charge in [0.1, 0.15) is 0 Å². The Morgan fingerprint density at radius 1 is 1.10 bits per heavy atom. The number of carbonyl (C=O) groups is 1. The first-order chi connectivity index (χ1) is 9.87. The molecule has 4 heteroatoms. The van der Waals surface area contributed by atoms with E-state index in [1.807, 2.05) is 13.8 Å². The van der Waals surface area contributed by atoms with Gasteiger partial charge in [0.25, 0.3) is 0 Å². The molecule has 0 aliphatic heterocycles. The number of thioether (sulfide) groups is 1. The number of amides is 1. The molecule has 3 atom stereocenters. The molecule has 0 heterocycles. The smallest absolute Gasteiger partial charge is 0.233 e. The van der Waals surface area contributed by atoms with Crippen LogP contribution in [0, 0.1) is 17.8 Å². The standard InChI is InChI=1S/C17H29NO2S/c1-10(19)11(2)21-12(3)16(20)18-17-7-13-4-14(8-17)6-15(5-13)9-17/h10-15,19H,4-9H2,1-3H3,(H,18,20)/t10-,11+,12+,13?,14?,15?,17?/m1/s1. The molecule has 3 nitrogen and oxygen atoms in total. The largest absolute Gasteiger partial charge is 0.392 e. The number of hydrogen-bond donors (Lipinski definition) is 2. The quantitative estimate of drug-likeness (QED) is 0.820. The van der Waals surface area contributed by atoms with E-state index in [1.165, 1.54) is 38.5 Å². The van der Waals surface area contributed by atoms with Crippen molar-refractivity contribution in [3.63, 3.8) is 0 Å². The van der Waals surface area contributed by atoms with Gasteiger partial charge >= 0.3 is 0 Å². The minimum atomic E-state index is -0.371. The minimum absolute atomic E-state index is 0.0809. The van der Waals surface area contributed by atoms with Crippen molar-refractivity contribution in [1.82, 2.24) is 5.32 Å². The van der Waals surface area contributed by atoms with Crippen molar-refractivity contribution in [1.29, 1.82) is 0 Å². The summed E-state index contributed by atoms with van der Waals surface area (Å²) in [5, 5.41) is 13.0. The second kappa shape index (κ2) is 5.77. The lowest BCUT2D eigenvalue weighted by molar-refractivity contribution is -0.126. The van der Waals surface area contributed by atoms with Crippen molar-refractivity contribution in [3.05, 3.63) is 0 Å². The molecule has 4 bridgehead atoms. The molecule has 120 valence electrons. The molecule has 2 N–H and O–H groups in total. The maximum Gasteiger partial charge on any atom is 0.233 e. The second-order valence-electron chi connectivity index (χ2n) is 7.91. The van der Waals surface area contributed by atoms with Crippen molar-refractivity contribution in [2.45, 2.75) is 81.4 Å². The van der Waals surface area contributed by atoms with Crippen LogP contribution in [0.15, 0.2) is 0 Å². The molecule has 4 aliphatic rings. The molecule has 0 radical (unpaired) electrons. The van der Waals surface area contributed by atoms with E-state index in [9.17, 15) is 9.90 Å². The van der Waals surface area contributed by atoms with Crippen LogP contribution < -0.4 is 5.32 Å². The van der Waals surface area contributed by atoms with Gasteiger partial charge in [0, 0.05) is 10.8 Å². The predicted octanol–water partition coefficient (Wildman–Crippen LogP) is 2.96. The lowest BCUT2D eigenvalue weighted by Gasteiger charge is -2.57. The van der Waals surface area contributed by atoms with Crippen LogP contribution in [-0.2, 0) is 4.79 Å². The van der Waals surface area contributed by atoms with E-state index in [0.717, 1.165) is 17.8 Å². The third-order valence-electron chi connectivity index (χ3n) is 5.89. The summed E-state index contributed by atoms with van der Waals surface area (Å²) < 4.78 is 0. The molecule has 1 amide bonds. The number of rotatable bonds is 5. The van der Waals surface area contributed by atoms with E-state index in [0.29, 0.717) is 0 Å². The summed E-state index contributed by atoms with van der Waals surface area (Å²) in [6, 6.07) is 0. The van der Waals surface area contributed by atoms with Crippen molar-refractivity contribution < 1.29 is 9.90 Å². The van der Waals surface area contributed by atoms with Gasteiger partial charge in [0.05, 0.1) is 11.4 Å². The Kier molecular flexibility index (Phi) is 4.30. The fourth-order valence-electron chi connectivity index (χ4n) is 5.12. The zero-order chi connectivity index (χ0) is 15.2. The average Bonchev–Trinajstić information content (AvgIpc) is 2.35. The van der Waals surface area contributed by atoms with E-state index in [4.69, 9.17) is 0 Å². The molecular weight excluding hydrogens is 282 g/mol. The van der Waals surface area contributed by atoms with E-state index in [2.05, 4.69) is 5.32 Å². The fraction of sp³-hybridized carbons (Fsp3) is 0.941. The second-order valence-corrected chi connectivity index (χ2v) is 9.63. The zero-order valence-electron chi connectivity index (χ0n) is 13.5. The Balaban J connectivity index is 1.59. The van der Waals surface area contributed by atoms with Crippen LogP contribution in [0.1, 0.15) is 59.3 Å². The van der Waals surface area contributed by atoms with E-state index in [1.54, 1.807) is 18.7 Å². The van der Waals surface area contributed by atoms with E-state index >= 15 is 0 Å². The molecular formula is C17H29NO2S. The van der Waals surface area contributed by atoms with Gasteiger partial charge in [0.2, 0.25) is 5.91 Å². The van der Waals surface area contributed by atoms with Crippen LogP contribution in [0.3, 0.4) is 0 Å². The highest BCUT2D eigenvalue weighted by atomic mass is 32.2. The molecule has 21 heavy (non-hydrogen) atoms. The summed E-state index contributed by atoms with van der Waals surface area (Å²) in [6.45, 7) is 5.75. The molecule has 0 aromatic rings. The summed E-state index contributed by atoms with van der Waals surface area (Å²) in [4.78, 5) is 12.6. The highest BCUT2D eigenvalue weighted by Crippen LogP contribution is 2.55. The third-order valence-corrected chi connectivity index (χ3v) is 7.34. The molecule has 0 saturated heterocycles. The zero-order valence-corrected chi connectivity index (χ0v) is 14.3. The maximum absolute atomic E-state index is 12.6. The van der Waals surface area contributed by atoms with Crippen molar-refractivity contribution in [2.75, 3.05) is 0 Å². The van der Waals surface area contributed by atoms with Crippen LogP contribution in [0.25, 0.3) is 0 Å². The van der Waals surface area contributed by atoms with Crippen LogP contribution in [0.2, 0.25) is 0 Å². The highest BCUT2D eigenvalue weighted by Gasteiger charge is 2.51. The third kappa shape index (κ3) is 3.26. The topological polar surface area (TPSA) is 49.3 Å². The molecule has 4 aliphatic carbocycles. The number of carbonyl (C=O) groups excluding carboxylic acids is 1. The SMILES string of the molecule is C[C@H](S[C@@H](C)[C@@H](C)O)C(=O)NC12CC3CC(CC(C3)C1)C2. The maximum atomic E-state index is 12.6. The molecule has 4 rings (SSSR count). The highest BCUT2D eigenvalue weighted by molar-refractivity contribution is 8.01. The first-order valence-corrected chi connectivity index (χ1v) is 9.47. The Hall–Kier alpha value is -0.220. The van der Waals surface area contributed by atoms with Crippen molar-refractivity contribution in [3.8, 4) is 0 Å². The summed E-state index contributed by atoms with van der Waals surface area (Å²) in [6.07, 6.45) is 7.44. The number of hydrogen-bond acceptors (Lipinski definition) is 3. The van der Waals surface area contributed by atoms with Crippen LogP contribution in [0.4, 0.5) is 0 Å². The number of nitrogens with one attached hydrogen (secondary N) is 1. The Labute approximate surface area is 132 Å². The lowest BCUT2D eigenvalue weighted by atomic mass is 9.53. The fourth-order valence-corrected chi connectivity index (χ4v) is 6.18. The van der Waals surface area contributed by atoms with Crippen LogP contribution in [0.5, 0.6) is 0 Å². The number of aliphatic hydroxyl groups excluding tert-OH is 1.